The summed E-state index contributed by atoms with van der Waals surface area (Å²) in [7, 11) is 0. The maximum Gasteiger partial charge on any atom is 0.519 e. The fourth-order valence-corrected chi connectivity index (χ4v) is 3.40. The quantitative estimate of drug-likeness (QED) is 0.228. The minimum absolute atomic E-state index is 0.459. The van der Waals surface area contributed by atoms with Gasteiger partial charge in [0.2, 0.25) is 0 Å². The summed E-state index contributed by atoms with van der Waals surface area (Å²) in [5, 5.41) is 3.92. The number of benzene rings is 4. The van der Waals surface area contributed by atoms with E-state index in [0.717, 1.165) is 34.4 Å². The van der Waals surface area contributed by atoms with Crippen molar-refractivity contribution in [3.05, 3.63) is 83.9 Å². The van der Waals surface area contributed by atoms with Crippen molar-refractivity contribution in [2.75, 3.05) is 0 Å². The summed E-state index contributed by atoms with van der Waals surface area (Å²) >= 11 is 0. The normalized spacial score (nSPS) is 10.9. The average Bonchev–Trinajstić information content (AvgIpc) is 2.73. The first-order chi connectivity index (χ1) is 13.7. The van der Waals surface area contributed by atoms with Crippen LogP contribution < -0.4 is 9.47 Å². The highest BCUT2D eigenvalue weighted by molar-refractivity contribution is 6.06. The highest BCUT2D eigenvalue weighted by atomic mass is 16.7. The molecule has 4 aromatic carbocycles. The Morgan fingerprint density at radius 1 is 0.714 bits per heavy atom. The molecule has 3 nitrogen and oxygen atoms in total. The molecule has 0 N–H and O–H groups in total. The van der Waals surface area contributed by atoms with Crippen LogP contribution in [0.5, 0.6) is 11.5 Å². The van der Waals surface area contributed by atoms with E-state index in [-0.39, 0.29) is 0 Å². The second-order valence-electron chi connectivity index (χ2n) is 6.79. The van der Waals surface area contributed by atoms with Gasteiger partial charge < -0.3 is 9.47 Å². The van der Waals surface area contributed by atoms with Crippen LogP contribution in [-0.2, 0) is 12.8 Å². The molecular weight excluding hydrogens is 348 g/mol. The SMILES string of the molecule is CCc1ccc2cc3ccc(CC)cc3c(OC(=O)Oc3ccccc3)c2c1. The van der Waals surface area contributed by atoms with Gasteiger partial charge in [-0.05, 0) is 65.1 Å². The predicted molar refractivity (Wildman–Crippen MR) is 113 cm³/mol. The van der Waals surface area contributed by atoms with Crippen molar-refractivity contribution < 1.29 is 14.3 Å². The zero-order valence-corrected chi connectivity index (χ0v) is 16.1. The van der Waals surface area contributed by atoms with Gasteiger partial charge in [-0.15, -0.1) is 0 Å². The van der Waals surface area contributed by atoms with Gasteiger partial charge in [0.05, 0.1) is 0 Å². The molecule has 0 unspecified atom stereocenters. The van der Waals surface area contributed by atoms with E-state index >= 15 is 0 Å². The lowest BCUT2D eigenvalue weighted by Gasteiger charge is -2.13. The number of ether oxygens (including phenoxy) is 2. The van der Waals surface area contributed by atoms with Crippen molar-refractivity contribution in [1.82, 2.24) is 0 Å². The third-order valence-electron chi connectivity index (χ3n) is 4.98. The van der Waals surface area contributed by atoms with Crippen LogP contribution in [0.2, 0.25) is 0 Å². The van der Waals surface area contributed by atoms with Gasteiger partial charge in [0.25, 0.3) is 0 Å². The second kappa shape index (κ2) is 7.73. The Hall–Kier alpha value is -3.33. The number of aryl methyl sites for hydroxylation is 2. The topological polar surface area (TPSA) is 35.5 Å². The third-order valence-corrected chi connectivity index (χ3v) is 4.98. The standard InChI is InChI=1S/C25H22O3/c1-3-17-10-12-19-16-20-13-11-18(4-2)15-23(20)24(22(19)14-17)28-25(26)27-21-8-6-5-7-9-21/h5-16H,3-4H2,1-2H3. The number of rotatable bonds is 4. The van der Waals surface area contributed by atoms with Crippen LogP contribution in [0.15, 0.2) is 72.8 Å². The Labute approximate surface area is 164 Å². The highest BCUT2D eigenvalue weighted by Gasteiger charge is 2.16. The van der Waals surface area contributed by atoms with E-state index in [9.17, 15) is 4.79 Å². The fraction of sp³-hybridized carbons (Fsp3) is 0.160. The first-order valence-electron chi connectivity index (χ1n) is 9.61. The van der Waals surface area contributed by atoms with Crippen LogP contribution in [0.1, 0.15) is 25.0 Å². The van der Waals surface area contributed by atoms with Gasteiger partial charge in [0.1, 0.15) is 11.5 Å². The molecule has 0 heterocycles. The van der Waals surface area contributed by atoms with Crippen molar-refractivity contribution in [3.63, 3.8) is 0 Å². The number of carbonyl (C=O) groups is 1. The van der Waals surface area contributed by atoms with Gasteiger partial charge in [0, 0.05) is 10.8 Å². The van der Waals surface area contributed by atoms with Crippen LogP contribution in [0.4, 0.5) is 4.79 Å². The first-order valence-corrected chi connectivity index (χ1v) is 9.61. The molecule has 0 aliphatic carbocycles. The molecule has 28 heavy (non-hydrogen) atoms. The number of para-hydroxylation sites is 1. The molecule has 4 aromatic rings. The Morgan fingerprint density at radius 3 is 1.82 bits per heavy atom. The molecule has 3 heteroatoms. The lowest BCUT2D eigenvalue weighted by atomic mass is 9.98. The van der Waals surface area contributed by atoms with Crippen molar-refractivity contribution >= 4 is 27.7 Å². The second-order valence-corrected chi connectivity index (χ2v) is 6.79. The number of hydrogen-bond acceptors (Lipinski definition) is 3. The van der Waals surface area contributed by atoms with Crippen LogP contribution in [0.25, 0.3) is 21.5 Å². The van der Waals surface area contributed by atoms with Gasteiger partial charge in [-0.25, -0.2) is 4.79 Å². The molecule has 0 aromatic heterocycles. The molecule has 0 spiro atoms. The largest absolute Gasteiger partial charge is 0.519 e. The maximum atomic E-state index is 12.5. The Bertz CT molecular complexity index is 1080. The first kappa shape index (κ1) is 18.1. The zero-order valence-electron chi connectivity index (χ0n) is 16.1. The molecule has 0 atom stereocenters. The molecule has 0 aliphatic heterocycles. The van der Waals surface area contributed by atoms with Crippen molar-refractivity contribution in [2.45, 2.75) is 26.7 Å². The Balaban J connectivity index is 1.84. The number of fused-ring (bicyclic) bond motifs is 2. The van der Waals surface area contributed by atoms with E-state index in [4.69, 9.17) is 9.47 Å². The number of carbonyl (C=O) groups excluding carboxylic acids is 1. The molecule has 4 rings (SSSR count). The summed E-state index contributed by atoms with van der Waals surface area (Å²) in [4.78, 5) is 12.5. The highest BCUT2D eigenvalue weighted by Crippen LogP contribution is 2.36. The molecule has 0 saturated heterocycles. The maximum absolute atomic E-state index is 12.5. The van der Waals surface area contributed by atoms with Crippen molar-refractivity contribution in [2.24, 2.45) is 0 Å². The molecule has 0 radical (unpaired) electrons. The van der Waals surface area contributed by atoms with Crippen LogP contribution in [0.3, 0.4) is 0 Å². The van der Waals surface area contributed by atoms with E-state index in [1.54, 1.807) is 12.1 Å². The summed E-state index contributed by atoms with van der Waals surface area (Å²) in [5.74, 6) is 1.01. The van der Waals surface area contributed by atoms with Gasteiger partial charge in [-0.2, -0.15) is 0 Å². The molecule has 0 amide bonds. The van der Waals surface area contributed by atoms with Crippen LogP contribution in [0, 0.1) is 0 Å². The summed E-state index contributed by atoms with van der Waals surface area (Å²) in [5.41, 5.74) is 2.39. The molecule has 0 saturated carbocycles. The van der Waals surface area contributed by atoms with Gasteiger partial charge in [-0.1, -0.05) is 56.3 Å². The van der Waals surface area contributed by atoms with E-state index in [2.05, 4.69) is 56.3 Å². The molecule has 0 bridgehead atoms. The zero-order chi connectivity index (χ0) is 19.5. The minimum atomic E-state index is -0.733. The van der Waals surface area contributed by atoms with Gasteiger partial charge in [-0.3, -0.25) is 0 Å². The van der Waals surface area contributed by atoms with E-state index in [1.165, 1.54) is 11.1 Å². The van der Waals surface area contributed by atoms with Crippen molar-refractivity contribution in [3.8, 4) is 11.5 Å². The van der Waals surface area contributed by atoms with Crippen LogP contribution in [-0.4, -0.2) is 6.16 Å². The van der Waals surface area contributed by atoms with Gasteiger partial charge in [0.15, 0.2) is 0 Å². The monoisotopic (exact) mass is 370 g/mol. The number of hydrogen-bond donors (Lipinski definition) is 0. The van der Waals surface area contributed by atoms with Gasteiger partial charge >= 0.3 is 6.16 Å². The smallest absolute Gasteiger partial charge is 0.395 e. The average molecular weight is 370 g/mol. The minimum Gasteiger partial charge on any atom is -0.395 e. The fourth-order valence-electron chi connectivity index (χ4n) is 3.40. The molecular formula is C25H22O3. The Kier molecular flexibility index (Phi) is 4.98. The summed E-state index contributed by atoms with van der Waals surface area (Å²) in [6, 6.07) is 23.7. The summed E-state index contributed by atoms with van der Waals surface area (Å²) in [6.45, 7) is 4.23. The van der Waals surface area contributed by atoms with E-state index in [0.29, 0.717) is 11.5 Å². The molecule has 0 fully saturated rings. The molecule has 0 aliphatic rings. The van der Waals surface area contributed by atoms with Crippen LogP contribution >= 0.6 is 0 Å². The molecule has 140 valence electrons. The summed E-state index contributed by atoms with van der Waals surface area (Å²) < 4.78 is 11.2. The van der Waals surface area contributed by atoms with E-state index < -0.39 is 6.16 Å². The summed E-state index contributed by atoms with van der Waals surface area (Å²) in [6.07, 6.45) is 1.09. The van der Waals surface area contributed by atoms with Crippen molar-refractivity contribution in [1.29, 1.82) is 0 Å². The van der Waals surface area contributed by atoms with E-state index in [1.807, 2.05) is 18.2 Å². The predicted octanol–water partition coefficient (Wildman–Crippen LogP) is 6.70. The lowest BCUT2D eigenvalue weighted by Crippen LogP contribution is -2.14. The third kappa shape index (κ3) is 3.56. The Morgan fingerprint density at radius 2 is 1.29 bits per heavy atom. The lowest BCUT2D eigenvalue weighted by molar-refractivity contribution is 0.153.